The van der Waals surface area contributed by atoms with Crippen LogP contribution in [-0.4, -0.2) is 15.8 Å². The predicted octanol–water partition coefficient (Wildman–Crippen LogP) is 4.21. The van der Waals surface area contributed by atoms with E-state index in [0.29, 0.717) is 5.75 Å². The Morgan fingerprint density at radius 2 is 1.30 bits per heavy atom. The molecule has 2 aromatic carbocycles. The lowest BCUT2D eigenvalue weighted by molar-refractivity contribution is 0.171. The number of ether oxygens (including phenoxy) is 1. The summed E-state index contributed by atoms with van der Waals surface area (Å²) in [4.78, 5) is 0. The van der Waals surface area contributed by atoms with Crippen molar-refractivity contribution in [2.24, 2.45) is 0 Å². The first-order valence-electron chi connectivity index (χ1n) is 7.50. The third kappa shape index (κ3) is 3.98. The van der Waals surface area contributed by atoms with E-state index in [4.69, 9.17) is 9.84 Å². The largest absolute Gasteiger partial charge is 0.508 e. The van der Waals surface area contributed by atoms with Crippen LogP contribution < -0.4 is 4.74 Å². The number of rotatable bonds is 4. The van der Waals surface area contributed by atoms with Gasteiger partial charge in [0.25, 0.3) is 0 Å². The van der Waals surface area contributed by atoms with Crippen molar-refractivity contribution in [1.82, 2.24) is 0 Å². The standard InChI is InChI=1S/C20H22O3/c1-19(2,13-14-21)23-18-11-7-16(8-12-18)20(3,4)15-5-9-17(22)10-6-15/h5-12,21-22H,1-4H3. The van der Waals surface area contributed by atoms with Gasteiger partial charge >= 0.3 is 0 Å². The van der Waals surface area contributed by atoms with Gasteiger partial charge in [0.05, 0.1) is 0 Å². The summed E-state index contributed by atoms with van der Waals surface area (Å²) in [5, 5.41) is 18.2. The van der Waals surface area contributed by atoms with Crippen LogP contribution in [0.3, 0.4) is 0 Å². The number of hydrogen-bond acceptors (Lipinski definition) is 3. The predicted molar refractivity (Wildman–Crippen MR) is 91.1 cm³/mol. The Hall–Kier alpha value is -2.60. The summed E-state index contributed by atoms with van der Waals surface area (Å²) < 4.78 is 5.76. The molecule has 0 saturated carbocycles. The normalized spacial score (nSPS) is 11.5. The van der Waals surface area contributed by atoms with Gasteiger partial charge in [-0.25, -0.2) is 0 Å². The first kappa shape index (κ1) is 16.8. The molecule has 0 aromatic heterocycles. The van der Waals surface area contributed by atoms with E-state index in [-0.39, 0.29) is 11.2 Å². The third-order valence-electron chi connectivity index (χ3n) is 3.89. The Labute approximate surface area is 137 Å². The minimum Gasteiger partial charge on any atom is -0.508 e. The molecule has 0 fully saturated rings. The smallest absolute Gasteiger partial charge is 0.167 e. The van der Waals surface area contributed by atoms with Crippen LogP contribution in [0.25, 0.3) is 0 Å². The maximum Gasteiger partial charge on any atom is 0.167 e. The van der Waals surface area contributed by atoms with Crippen molar-refractivity contribution < 1.29 is 14.9 Å². The van der Waals surface area contributed by atoms with Crippen LogP contribution in [0.15, 0.2) is 48.5 Å². The summed E-state index contributed by atoms with van der Waals surface area (Å²) in [6, 6.07) is 15.1. The van der Waals surface area contributed by atoms with E-state index >= 15 is 0 Å². The molecule has 0 aliphatic rings. The molecule has 0 amide bonds. The average Bonchev–Trinajstić information content (AvgIpc) is 2.47. The first-order valence-corrected chi connectivity index (χ1v) is 7.50. The van der Waals surface area contributed by atoms with Gasteiger partial charge in [0.15, 0.2) is 5.60 Å². The number of aliphatic hydroxyl groups excluding tert-OH is 1. The highest BCUT2D eigenvalue weighted by Gasteiger charge is 2.23. The van der Waals surface area contributed by atoms with Crippen LogP contribution in [0.1, 0.15) is 38.8 Å². The Bertz CT molecular complexity index is 714. The van der Waals surface area contributed by atoms with E-state index in [2.05, 4.69) is 19.8 Å². The number of phenols is 1. The molecule has 3 nitrogen and oxygen atoms in total. The maximum atomic E-state index is 9.44. The molecule has 2 N–H and O–H groups in total. The van der Waals surface area contributed by atoms with Crippen LogP contribution >= 0.6 is 0 Å². The van der Waals surface area contributed by atoms with Gasteiger partial charge in [0, 0.05) is 5.41 Å². The molecule has 0 aliphatic heterocycles. The minimum absolute atomic E-state index is 0.188. The maximum absolute atomic E-state index is 9.44. The lowest BCUT2D eigenvalue weighted by Crippen LogP contribution is -2.26. The summed E-state index contributed by atoms with van der Waals surface area (Å²) in [6.45, 7) is 7.86. The highest BCUT2D eigenvalue weighted by molar-refractivity contribution is 5.41. The number of aliphatic hydroxyl groups is 1. The topological polar surface area (TPSA) is 49.7 Å². The van der Waals surface area contributed by atoms with Gasteiger partial charge in [-0.15, -0.1) is 0 Å². The van der Waals surface area contributed by atoms with Gasteiger partial charge < -0.3 is 14.9 Å². The molecule has 0 aliphatic carbocycles. The Balaban J connectivity index is 2.24. The van der Waals surface area contributed by atoms with Crippen LogP contribution in [0.5, 0.6) is 11.5 Å². The molecule has 0 unspecified atom stereocenters. The quantitative estimate of drug-likeness (QED) is 0.832. The van der Waals surface area contributed by atoms with Crippen LogP contribution in [0.2, 0.25) is 0 Å². The van der Waals surface area contributed by atoms with E-state index in [1.165, 1.54) is 0 Å². The van der Waals surface area contributed by atoms with Crippen molar-refractivity contribution in [3.05, 3.63) is 59.7 Å². The molecule has 23 heavy (non-hydrogen) atoms. The van der Waals surface area contributed by atoms with Gasteiger partial charge in [0.1, 0.15) is 17.6 Å². The zero-order chi connectivity index (χ0) is 17.1. The van der Waals surface area contributed by atoms with Gasteiger partial charge in [-0.1, -0.05) is 38.1 Å². The van der Waals surface area contributed by atoms with Crippen molar-refractivity contribution in [2.75, 3.05) is 0 Å². The molecule has 0 heterocycles. The summed E-state index contributed by atoms with van der Waals surface area (Å²) in [7, 11) is 0. The van der Waals surface area contributed by atoms with Crippen molar-refractivity contribution >= 4 is 0 Å². The van der Waals surface area contributed by atoms with Crippen LogP contribution in [0.4, 0.5) is 0 Å². The molecule has 120 valence electrons. The van der Waals surface area contributed by atoms with Crippen molar-refractivity contribution in [3.8, 4) is 23.5 Å². The minimum atomic E-state index is -0.747. The van der Waals surface area contributed by atoms with Crippen molar-refractivity contribution in [2.45, 2.75) is 38.7 Å². The molecular weight excluding hydrogens is 288 g/mol. The molecule has 0 bridgehead atoms. The highest BCUT2D eigenvalue weighted by atomic mass is 16.5. The Morgan fingerprint density at radius 3 is 1.78 bits per heavy atom. The zero-order valence-electron chi connectivity index (χ0n) is 13.9. The van der Waals surface area contributed by atoms with E-state index in [1.807, 2.05) is 42.5 Å². The van der Waals surface area contributed by atoms with E-state index < -0.39 is 5.60 Å². The van der Waals surface area contributed by atoms with Crippen LogP contribution in [0, 0.1) is 12.0 Å². The lowest BCUT2D eigenvalue weighted by atomic mass is 9.78. The first-order chi connectivity index (χ1) is 10.7. The Morgan fingerprint density at radius 1 is 0.826 bits per heavy atom. The molecule has 0 spiro atoms. The Kier molecular flexibility index (Phi) is 4.56. The molecule has 2 aromatic rings. The average molecular weight is 310 g/mol. The fourth-order valence-electron chi connectivity index (χ4n) is 2.44. The molecule has 0 saturated heterocycles. The summed E-state index contributed by atoms with van der Waals surface area (Å²) >= 11 is 0. The van der Waals surface area contributed by atoms with Crippen molar-refractivity contribution in [3.63, 3.8) is 0 Å². The number of phenolic OH excluding ortho intramolecular Hbond substituents is 1. The summed E-state index contributed by atoms with van der Waals surface area (Å²) in [5.41, 5.74) is 1.33. The molecule has 0 atom stereocenters. The molecule has 3 heteroatoms. The monoisotopic (exact) mass is 310 g/mol. The lowest BCUT2D eigenvalue weighted by Gasteiger charge is -2.27. The van der Waals surface area contributed by atoms with Crippen LogP contribution in [-0.2, 0) is 5.41 Å². The second-order valence-corrected chi connectivity index (χ2v) is 6.55. The van der Waals surface area contributed by atoms with Gasteiger partial charge in [0.2, 0.25) is 0 Å². The molecular formula is C20H22O3. The number of hydrogen-bond donors (Lipinski definition) is 2. The molecule has 0 radical (unpaired) electrons. The summed E-state index contributed by atoms with van der Waals surface area (Å²) in [5.74, 6) is 3.57. The van der Waals surface area contributed by atoms with E-state index in [1.54, 1.807) is 26.0 Å². The molecule has 2 rings (SSSR count). The van der Waals surface area contributed by atoms with Gasteiger partial charge in [-0.3, -0.25) is 0 Å². The number of aromatic hydroxyl groups is 1. The fraction of sp³-hybridized carbons (Fsp3) is 0.300. The van der Waals surface area contributed by atoms with E-state index in [0.717, 1.165) is 11.1 Å². The highest BCUT2D eigenvalue weighted by Crippen LogP contribution is 2.33. The second-order valence-electron chi connectivity index (χ2n) is 6.55. The van der Waals surface area contributed by atoms with E-state index in [9.17, 15) is 5.11 Å². The third-order valence-corrected chi connectivity index (χ3v) is 3.89. The second kappa shape index (κ2) is 6.26. The van der Waals surface area contributed by atoms with Crippen molar-refractivity contribution in [1.29, 1.82) is 0 Å². The SMILES string of the molecule is CC(C)(C#CO)Oc1ccc(C(C)(C)c2ccc(O)cc2)cc1. The zero-order valence-corrected chi connectivity index (χ0v) is 13.9. The fourth-order valence-corrected chi connectivity index (χ4v) is 2.44. The number of benzene rings is 2. The summed E-state index contributed by atoms with van der Waals surface area (Å²) in [6.07, 6.45) is 1.89. The van der Waals surface area contributed by atoms with Gasteiger partial charge in [-0.2, -0.15) is 0 Å². The van der Waals surface area contributed by atoms with Gasteiger partial charge in [-0.05, 0) is 55.2 Å².